The number of ether oxygens (including phenoxy) is 1. The fourth-order valence-corrected chi connectivity index (χ4v) is 1.64. The van der Waals surface area contributed by atoms with E-state index in [2.05, 4.69) is 22.6 Å². The lowest BCUT2D eigenvalue weighted by atomic mass is 10.2. The largest absolute Gasteiger partial charge is 0.497 e. The summed E-state index contributed by atoms with van der Waals surface area (Å²) in [7, 11) is 1.64. The van der Waals surface area contributed by atoms with E-state index in [9.17, 15) is 4.79 Å². The Morgan fingerprint density at radius 2 is 2.21 bits per heavy atom. The summed E-state index contributed by atoms with van der Waals surface area (Å²) in [4.78, 5) is 10.7. The fourth-order valence-electron chi connectivity index (χ4n) is 0.977. The van der Waals surface area contributed by atoms with E-state index < -0.39 is 0 Å². The Labute approximate surface area is 97.1 Å². The molecule has 1 rings (SSSR count). The van der Waals surface area contributed by atoms with Gasteiger partial charge in [-0.25, -0.2) is 0 Å². The molecule has 0 aromatic heterocycles. The second kappa shape index (κ2) is 5.14. The molecule has 0 amide bonds. The molecule has 0 saturated carbocycles. The molecular formula is C11H11IO2. The second-order valence-corrected chi connectivity index (χ2v) is 3.99. The number of halogens is 1. The Hall–Kier alpha value is -0.840. The second-order valence-electron chi connectivity index (χ2n) is 2.83. The highest BCUT2D eigenvalue weighted by Gasteiger charge is 1.98. The van der Waals surface area contributed by atoms with Gasteiger partial charge in [-0.15, -0.1) is 0 Å². The van der Waals surface area contributed by atoms with Crippen LogP contribution in [0.3, 0.4) is 0 Å². The van der Waals surface area contributed by atoms with Crippen LogP contribution < -0.4 is 4.74 Å². The van der Waals surface area contributed by atoms with E-state index in [-0.39, 0.29) is 5.78 Å². The molecule has 3 heteroatoms. The van der Waals surface area contributed by atoms with Crippen LogP contribution in [0.25, 0.3) is 6.08 Å². The van der Waals surface area contributed by atoms with Crippen molar-refractivity contribution in [3.63, 3.8) is 0 Å². The molecule has 0 heterocycles. The zero-order valence-corrected chi connectivity index (χ0v) is 10.2. The van der Waals surface area contributed by atoms with Crippen LogP contribution in [0.5, 0.6) is 5.75 Å². The van der Waals surface area contributed by atoms with Crippen LogP contribution >= 0.6 is 22.6 Å². The highest BCUT2D eigenvalue weighted by Crippen LogP contribution is 2.20. The van der Waals surface area contributed by atoms with Crippen LogP contribution in [-0.4, -0.2) is 12.9 Å². The third-order valence-electron chi connectivity index (χ3n) is 1.71. The zero-order chi connectivity index (χ0) is 10.6. The molecule has 0 fully saturated rings. The molecule has 0 aliphatic rings. The minimum absolute atomic E-state index is 0.0524. The highest BCUT2D eigenvalue weighted by atomic mass is 127. The molecule has 0 saturated heterocycles. The zero-order valence-electron chi connectivity index (χ0n) is 8.08. The molecule has 1 aromatic rings. The van der Waals surface area contributed by atoms with E-state index in [1.54, 1.807) is 13.2 Å². The Kier molecular flexibility index (Phi) is 4.13. The van der Waals surface area contributed by atoms with Gasteiger partial charge in [-0.05, 0) is 53.3 Å². The highest BCUT2D eigenvalue weighted by molar-refractivity contribution is 14.1. The quantitative estimate of drug-likeness (QED) is 0.634. The summed E-state index contributed by atoms with van der Waals surface area (Å²) in [6.45, 7) is 1.53. The summed E-state index contributed by atoms with van der Waals surface area (Å²) in [6.07, 6.45) is 3.37. The maximum Gasteiger partial charge on any atom is 0.152 e. The summed E-state index contributed by atoms with van der Waals surface area (Å²) < 4.78 is 6.15. The molecule has 14 heavy (non-hydrogen) atoms. The molecule has 0 aliphatic carbocycles. The first-order valence-electron chi connectivity index (χ1n) is 4.15. The SMILES string of the molecule is COc1ccc(C=CC(C)=O)c(I)c1. The van der Waals surface area contributed by atoms with Crippen LogP contribution in [-0.2, 0) is 4.79 Å². The summed E-state index contributed by atoms with van der Waals surface area (Å²) in [5.41, 5.74) is 1.03. The number of allylic oxidation sites excluding steroid dienone is 1. The van der Waals surface area contributed by atoms with E-state index in [4.69, 9.17) is 4.74 Å². The van der Waals surface area contributed by atoms with Gasteiger partial charge >= 0.3 is 0 Å². The van der Waals surface area contributed by atoms with Gasteiger partial charge in [-0.3, -0.25) is 4.79 Å². The standard InChI is InChI=1S/C11H11IO2/c1-8(13)3-4-9-5-6-10(14-2)7-11(9)12/h3-7H,1-2H3. The number of benzene rings is 1. The number of rotatable bonds is 3. The fraction of sp³-hybridized carbons (Fsp3) is 0.182. The first-order chi connectivity index (χ1) is 6.63. The molecular weight excluding hydrogens is 291 g/mol. The van der Waals surface area contributed by atoms with E-state index in [1.165, 1.54) is 6.92 Å². The Morgan fingerprint density at radius 3 is 2.71 bits per heavy atom. The third kappa shape index (κ3) is 3.14. The Bertz CT molecular complexity index is 370. The lowest BCUT2D eigenvalue weighted by Gasteiger charge is -2.02. The average Bonchev–Trinajstić information content (AvgIpc) is 2.15. The molecule has 0 atom stereocenters. The van der Waals surface area contributed by atoms with Gasteiger partial charge in [0.2, 0.25) is 0 Å². The Balaban J connectivity index is 2.94. The van der Waals surface area contributed by atoms with Gasteiger partial charge in [0.05, 0.1) is 7.11 Å². The van der Waals surface area contributed by atoms with Crippen molar-refractivity contribution in [2.45, 2.75) is 6.92 Å². The summed E-state index contributed by atoms with van der Waals surface area (Å²) in [5.74, 6) is 0.881. The number of carbonyl (C=O) groups is 1. The summed E-state index contributed by atoms with van der Waals surface area (Å²) >= 11 is 2.21. The average molecular weight is 302 g/mol. The smallest absolute Gasteiger partial charge is 0.152 e. The van der Waals surface area contributed by atoms with Crippen LogP contribution in [0.15, 0.2) is 24.3 Å². The van der Waals surface area contributed by atoms with Crippen molar-refractivity contribution in [2.75, 3.05) is 7.11 Å². The molecule has 2 nitrogen and oxygen atoms in total. The van der Waals surface area contributed by atoms with Gasteiger partial charge in [-0.2, -0.15) is 0 Å². The molecule has 0 unspecified atom stereocenters. The van der Waals surface area contributed by atoms with Gasteiger partial charge in [0.25, 0.3) is 0 Å². The van der Waals surface area contributed by atoms with Crippen molar-refractivity contribution in [3.05, 3.63) is 33.4 Å². The van der Waals surface area contributed by atoms with Crippen LogP contribution in [0.4, 0.5) is 0 Å². The van der Waals surface area contributed by atoms with Gasteiger partial charge in [0, 0.05) is 3.57 Å². The lowest BCUT2D eigenvalue weighted by molar-refractivity contribution is -0.112. The monoisotopic (exact) mass is 302 g/mol. The number of hydrogen-bond donors (Lipinski definition) is 0. The van der Waals surface area contributed by atoms with Gasteiger partial charge in [0.15, 0.2) is 5.78 Å². The molecule has 0 radical (unpaired) electrons. The number of carbonyl (C=O) groups excluding carboxylic acids is 1. The first-order valence-corrected chi connectivity index (χ1v) is 5.23. The van der Waals surface area contributed by atoms with Crippen LogP contribution in [0, 0.1) is 3.57 Å². The van der Waals surface area contributed by atoms with Gasteiger partial charge < -0.3 is 4.74 Å². The lowest BCUT2D eigenvalue weighted by Crippen LogP contribution is -1.87. The normalized spacial score (nSPS) is 10.5. The van der Waals surface area contributed by atoms with Crippen molar-refractivity contribution < 1.29 is 9.53 Å². The summed E-state index contributed by atoms with van der Waals surface area (Å²) in [5, 5.41) is 0. The van der Waals surface area contributed by atoms with E-state index in [1.807, 2.05) is 24.3 Å². The van der Waals surface area contributed by atoms with Crippen molar-refractivity contribution in [2.24, 2.45) is 0 Å². The maximum atomic E-state index is 10.7. The van der Waals surface area contributed by atoms with E-state index >= 15 is 0 Å². The third-order valence-corrected chi connectivity index (χ3v) is 2.64. The minimum Gasteiger partial charge on any atom is -0.497 e. The molecule has 1 aromatic carbocycles. The predicted molar refractivity (Wildman–Crippen MR) is 65.4 cm³/mol. The van der Waals surface area contributed by atoms with E-state index in [0.29, 0.717) is 0 Å². The van der Waals surface area contributed by atoms with Crippen molar-refractivity contribution >= 4 is 34.5 Å². The first kappa shape index (κ1) is 11.2. The summed E-state index contributed by atoms with van der Waals surface area (Å²) in [6, 6.07) is 5.74. The van der Waals surface area contributed by atoms with Gasteiger partial charge in [-0.1, -0.05) is 12.1 Å². The van der Waals surface area contributed by atoms with Crippen LogP contribution in [0.1, 0.15) is 12.5 Å². The molecule has 0 N–H and O–H groups in total. The predicted octanol–water partition coefficient (Wildman–Crippen LogP) is 2.90. The number of methoxy groups -OCH3 is 1. The maximum absolute atomic E-state index is 10.7. The van der Waals surface area contributed by atoms with Crippen LogP contribution in [0.2, 0.25) is 0 Å². The van der Waals surface area contributed by atoms with E-state index in [0.717, 1.165) is 14.9 Å². The number of ketones is 1. The Morgan fingerprint density at radius 1 is 1.50 bits per heavy atom. The minimum atomic E-state index is 0.0524. The van der Waals surface area contributed by atoms with Gasteiger partial charge in [0.1, 0.15) is 5.75 Å². The molecule has 74 valence electrons. The topological polar surface area (TPSA) is 26.3 Å². The van der Waals surface area contributed by atoms with Crippen molar-refractivity contribution in [1.82, 2.24) is 0 Å². The molecule has 0 bridgehead atoms. The van der Waals surface area contributed by atoms with Crippen molar-refractivity contribution in [1.29, 1.82) is 0 Å². The molecule has 0 aliphatic heterocycles. The number of hydrogen-bond acceptors (Lipinski definition) is 2. The molecule has 0 spiro atoms. The van der Waals surface area contributed by atoms with Crippen molar-refractivity contribution in [3.8, 4) is 5.75 Å².